The molecule has 2 aromatic carbocycles. The Hall–Kier alpha value is -1.54. The smallest absolute Gasteiger partial charge is 0.193 e. The standard InChI is InChI=1S/C17H18OS.2C2H6/c1-13(2)12-17(18)19-16-10-8-15(9-11-16)14-6-4-3-5-7-14;2*1-2/h3-11,13H,12H2,1-2H3;2*1-2H3. The molecule has 0 aromatic heterocycles. The fourth-order valence-electron chi connectivity index (χ4n) is 1.85. The summed E-state index contributed by atoms with van der Waals surface area (Å²) in [7, 11) is 0. The van der Waals surface area contributed by atoms with E-state index >= 15 is 0 Å². The molecule has 2 aromatic rings. The minimum atomic E-state index is 0.238. The molecule has 0 spiro atoms. The number of hydrogen-bond acceptors (Lipinski definition) is 2. The highest BCUT2D eigenvalue weighted by atomic mass is 32.2. The molecule has 2 rings (SSSR count). The van der Waals surface area contributed by atoms with Gasteiger partial charge in [-0.3, -0.25) is 4.79 Å². The molecule has 23 heavy (non-hydrogen) atoms. The Kier molecular flexibility index (Phi) is 12.1. The van der Waals surface area contributed by atoms with Crippen LogP contribution in [0.25, 0.3) is 11.1 Å². The molecular formula is C21H30OS. The van der Waals surface area contributed by atoms with Gasteiger partial charge in [0.2, 0.25) is 0 Å². The van der Waals surface area contributed by atoms with Crippen LogP contribution < -0.4 is 0 Å². The predicted molar refractivity (Wildman–Crippen MR) is 105 cm³/mol. The zero-order chi connectivity index (χ0) is 17.7. The van der Waals surface area contributed by atoms with Crippen LogP contribution in [0.4, 0.5) is 0 Å². The van der Waals surface area contributed by atoms with Gasteiger partial charge in [-0.15, -0.1) is 0 Å². The van der Waals surface area contributed by atoms with Crippen molar-refractivity contribution in [3.63, 3.8) is 0 Å². The summed E-state index contributed by atoms with van der Waals surface area (Å²) in [4.78, 5) is 12.8. The van der Waals surface area contributed by atoms with Crippen molar-refractivity contribution >= 4 is 16.9 Å². The average Bonchev–Trinajstić information content (AvgIpc) is 2.59. The third-order valence-electron chi connectivity index (χ3n) is 2.77. The van der Waals surface area contributed by atoms with Gasteiger partial charge in [-0.05, 0) is 29.2 Å². The first-order chi connectivity index (χ1) is 11.1. The first-order valence-corrected chi connectivity index (χ1v) is 9.33. The average molecular weight is 331 g/mol. The summed E-state index contributed by atoms with van der Waals surface area (Å²) in [5.41, 5.74) is 2.38. The van der Waals surface area contributed by atoms with Crippen LogP contribution in [0.3, 0.4) is 0 Å². The predicted octanol–water partition coefficient (Wildman–Crippen LogP) is 7.07. The van der Waals surface area contributed by atoms with Gasteiger partial charge in [0.1, 0.15) is 0 Å². The van der Waals surface area contributed by atoms with Gasteiger partial charge in [-0.1, -0.05) is 95.8 Å². The van der Waals surface area contributed by atoms with Crippen LogP contribution in [0.1, 0.15) is 48.0 Å². The van der Waals surface area contributed by atoms with Crippen molar-refractivity contribution in [2.45, 2.75) is 52.9 Å². The summed E-state index contributed by atoms with van der Waals surface area (Å²) in [5.74, 6) is 0.420. The molecule has 2 heteroatoms. The van der Waals surface area contributed by atoms with E-state index in [9.17, 15) is 4.79 Å². The summed E-state index contributed by atoms with van der Waals surface area (Å²) in [6, 6.07) is 18.4. The fourth-order valence-corrected chi connectivity index (χ4v) is 2.80. The van der Waals surface area contributed by atoms with Crippen LogP contribution in [0.2, 0.25) is 0 Å². The van der Waals surface area contributed by atoms with Crippen molar-refractivity contribution in [3.8, 4) is 11.1 Å². The van der Waals surface area contributed by atoms with E-state index in [1.807, 2.05) is 58.0 Å². The van der Waals surface area contributed by atoms with Gasteiger partial charge in [-0.2, -0.15) is 0 Å². The van der Waals surface area contributed by atoms with E-state index in [-0.39, 0.29) is 5.12 Å². The van der Waals surface area contributed by atoms with Crippen molar-refractivity contribution in [1.29, 1.82) is 0 Å². The van der Waals surface area contributed by atoms with Crippen molar-refractivity contribution in [1.82, 2.24) is 0 Å². The summed E-state index contributed by atoms with van der Waals surface area (Å²) in [6.07, 6.45) is 0.630. The Bertz CT molecular complexity index is 530. The number of carbonyl (C=O) groups excluding carboxylic acids is 1. The number of hydrogen-bond donors (Lipinski definition) is 0. The molecule has 0 atom stereocenters. The number of carbonyl (C=O) groups is 1. The quantitative estimate of drug-likeness (QED) is 0.557. The van der Waals surface area contributed by atoms with Crippen LogP contribution in [0.5, 0.6) is 0 Å². The molecule has 0 aliphatic rings. The van der Waals surface area contributed by atoms with E-state index in [1.165, 1.54) is 22.9 Å². The topological polar surface area (TPSA) is 17.1 Å². The van der Waals surface area contributed by atoms with E-state index in [1.54, 1.807) is 0 Å². The molecule has 0 bridgehead atoms. The maximum atomic E-state index is 11.7. The van der Waals surface area contributed by atoms with Crippen molar-refractivity contribution in [2.24, 2.45) is 5.92 Å². The normalized spacial score (nSPS) is 9.35. The molecule has 0 aliphatic carbocycles. The first-order valence-electron chi connectivity index (χ1n) is 8.51. The van der Waals surface area contributed by atoms with Crippen LogP contribution in [0.15, 0.2) is 59.5 Å². The second-order valence-electron chi connectivity index (χ2n) is 4.96. The van der Waals surface area contributed by atoms with E-state index in [4.69, 9.17) is 0 Å². The molecule has 0 saturated carbocycles. The Labute approximate surface area is 146 Å². The summed E-state index contributed by atoms with van der Waals surface area (Å²) in [6.45, 7) is 12.1. The molecule has 0 amide bonds. The minimum absolute atomic E-state index is 0.238. The Balaban J connectivity index is 0.00000112. The zero-order valence-electron chi connectivity index (χ0n) is 15.3. The summed E-state index contributed by atoms with van der Waals surface area (Å²) in [5, 5.41) is 0.238. The number of rotatable bonds is 4. The zero-order valence-corrected chi connectivity index (χ0v) is 16.1. The lowest BCUT2D eigenvalue weighted by Gasteiger charge is -2.05. The molecule has 126 valence electrons. The molecule has 0 heterocycles. The highest BCUT2D eigenvalue weighted by Gasteiger charge is 2.07. The Morgan fingerprint density at radius 2 is 1.30 bits per heavy atom. The van der Waals surface area contributed by atoms with Gasteiger partial charge in [0.05, 0.1) is 0 Å². The van der Waals surface area contributed by atoms with Gasteiger partial charge in [0, 0.05) is 11.3 Å². The van der Waals surface area contributed by atoms with E-state index < -0.39 is 0 Å². The molecule has 1 nitrogen and oxygen atoms in total. The second-order valence-corrected chi connectivity index (χ2v) is 6.09. The Morgan fingerprint density at radius 3 is 1.78 bits per heavy atom. The molecule has 0 N–H and O–H groups in total. The fraction of sp³-hybridized carbons (Fsp3) is 0.381. The number of benzene rings is 2. The third kappa shape index (κ3) is 8.61. The van der Waals surface area contributed by atoms with Crippen molar-refractivity contribution in [2.75, 3.05) is 0 Å². The monoisotopic (exact) mass is 330 g/mol. The van der Waals surface area contributed by atoms with Gasteiger partial charge in [0.15, 0.2) is 5.12 Å². The van der Waals surface area contributed by atoms with Crippen molar-refractivity contribution in [3.05, 3.63) is 54.6 Å². The van der Waals surface area contributed by atoms with Gasteiger partial charge < -0.3 is 0 Å². The molecule has 0 unspecified atom stereocenters. The van der Waals surface area contributed by atoms with Crippen molar-refractivity contribution < 1.29 is 4.79 Å². The lowest BCUT2D eigenvalue weighted by Crippen LogP contribution is -1.97. The maximum Gasteiger partial charge on any atom is 0.193 e. The maximum absolute atomic E-state index is 11.7. The van der Waals surface area contributed by atoms with Gasteiger partial charge in [0.25, 0.3) is 0 Å². The highest BCUT2D eigenvalue weighted by molar-refractivity contribution is 8.13. The lowest BCUT2D eigenvalue weighted by molar-refractivity contribution is -0.111. The largest absolute Gasteiger partial charge is 0.287 e. The van der Waals surface area contributed by atoms with Crippen LogP contribution >= 0.6 is 11.8 Å². The van der Waals surface area contributed by atoms with Crippen LogP contribution in [-0.4, -0.2) is 5.12 Å². The summed E-state index contributed by atoms with van der Waals surface area (Å²) >= 11 is 1.34. The SMILES string of the molecule is CC.CC.CC(C)CC(=O)Sc1ccc(-c2ccccc2)cc1. The molecule has 0 fully saturated rings. The second kappa shape index (κ2) is 13.0. The third-order valence-corrected chi connectivity index (χ3v) is 3.67. The lowest BCUT2D eigenvalue weighted by atomic mass is 10.1. The van der Waals surface area contributed by atoms with E-state index in [0.29, 0.717) is 12.3 Å². The van der Waals surface area contributed by atoms with Crippen LogP contribution in [-0.2, 0) is 4.79 Å². The van der Waals surface area contributed by atoms with Crippen LogP contribution in [0, 0.1) is 5.92 Å². The summed E-state index contributed by atoms with van der Waals surface area (Å²) < 4.78 is 0. The highest BCUT2D eigenvalue weighted by Crippen LogP contribution is 2.26. The van der Waals surface area contributed by atoms with E-state index in [2.05, 4.69) is 38.1 Å². The Morgan fingerprint density at radius 1 is 0.826 bits per heavy atom. The molecule has 0 radical (unpaired) electrons. The van der Waals surface area contributed by atoms with Gasteiger partial charge >= 0.3 is 0 Å². The molecule has 0 saturated heterocycles. The molecule has 0 aliphatic heterocycles. The minimum Gasteiger partial charge on any atom is -0.287 e. The number of thioether (sulfide) groups is 1. The molecular weight excluding hydrogens is 300 g/mol. The van der Waals surface area contributed by atoms with Gasteiger partial charge in [-0.25, -0.2) is 0 Å². The van der Waals surface area contributed by atoms with E-state index in [0.717, 1.165) is 4.90 Å². The first kappa shape index (κ1) is 21.5.